The quantitative estimate of drug-likeness (QED) is 0.922. The van der Waals surface area contributed by atoms with Crippen molar-refractivity contribution in [2.24, 2.45) is 5.73 Å². The second kappa shape index (κ2) is 5.42. The van der Waals surface area contributed by atoms with Crippen LogP contribution in [0.15, 0.2) is 30.6 Å². The Morgan fingerprint density at radius 2 is 2.22 bits per heavy atom. The number of ether oxygens (including phenoxy) is 1. The van der Waals surface area contributed by atoms with E-state index >= 15 is 0 Å². The molecule has 2 N–H and O–H groups in total. The SMILES string of the molecule is CCn1cc(Oc2ccc(C(C)N)c(Cl)c2)cn1. The number of hydrogen-bond donors (Lipinski definition) is 1. The molecule has 0 saturated carbocycles. The molecule has 0 spiro atoms. The molecule has 96 valence electrons. The number of aromatic nitrogens is 2. The van der Waals surface area contributed by atoms with Crippen LogP contribution in [0.2, 0.25) is 5.02 Å². The van der Waals surface area contributed by atoms with Gasteiger partial charge < -0.3 is 10.5 Å². The van der Waals surface area contributed by atoms with Crippen LogP contribution in [0.5, 0.6) is 11.5 Å². The zero-order chi connectivity index (χ0) is 13.1. The predicted molar refractivity (Wildman–Crippen MR) is 72.0 cm³/mol. The van der Waals surface area contributed by atoms with E-state index in [9.17, 15) is 0 Å². The molecule has 5 heteroatoms. The van der Waals surface area contributed by atoms with Gasteiger partial charge in [0.1, 0.15) is 5.75 Å². The van der Waals surface area contributed by atoms with E-state index in [4.69, 9.17) is 22.1 Å². The molecule has 0 aliphatic rings. The average molecular weight is 266 g/mol. The Kier molecular flexibility index (Phi) is 3.89. The highest BCUT2D eigenvalue weighted by molar-refractivity contribution is 6.31. The Balaban J connectivity index is 2.17. The van der Waals surface area contributed by atoms with E-state index < -0.39 is 0 Å². The van der Waals surface area contributed by atoms with Crippen molar-refractivity contribution in [1.29, 1.82) is 0 Å². The van der Waals surface area contributed by atoms with Gasteiger partial charge in [0, 0.05) is 17.6 Å². The van der Waals surface area contributed by atoms with E-state index in [1.807, 2.05) is 32.2 Å². The summed E-state index contributed by atoms with van der Waals surface area (Å²) >= 11 is 6.14. The largest absolute Gasteiger partial charge is 0.454 e. The van der Waals surface area contributed by atoms with E-state index in [1.54, 1.807) is 16.9 Å². The first-order valence-corrected chi connectivity index (χ1v) is 6.23. The molecular formula is C13H16ClN3O. The molecule has 0 radical (unpaired) electrons. The molecule has 0 aliphatic carbocycles. The molecule has 2 rings (SSSR count). The Bertz CT molecular complexity index is 537. The lowest BCUT2D eigenvalue weighted by atomic mass is 10.1. The van der Waals surface area contributed by atoms with Gasteiger partial charge in [0.05, 0.1) is 12.4 Å². The van der Waals surface area contributed by atoms with Crippen LogP contribution in [-0.2, 0) is 6.54 Å². The topological polar surface area (TPSA) is 53.1 Å². The molecule has 1 unspecified atom stereocenters. The van der Waals surface area contributed by atoms with Crippen LogP contribution in [0.3, 0.4) is 0 Å². The summed E-state index contributed by atoms with van der Waals surface area (Å²) in [6.45, 7) is 4.73. The van der Waals surface area contributed by atoms with Crippen LogP contribution in [0.25, 0.3) is 0 Å². The molecule has 1 heterocycles. The van der Waals surface area contributed by atoms with Gasteiger partial charge in [-0.05, 0) is 31.5 Å². The van der Waals surface area contributed by atoms with Crippen molar-refractivity contribution < 1.29 is 4.74 Å². The Morgan fingerprint density at radius 1 is 1.44 bits per heavy atom. The molecule has 2 aromatic rings. The minimum Gasteiger partial charge on any atom is -0.454 e. The van der Waals surface area contributed by atoms with Gasteiger partial charge in [-0.2, -0.15) is 5.10 Å². The fraction of sp³-hybridized carbons (Fsp3) is 0.308. The third-order valence-corrected chi connectivity index (χ3v) is 2.96. The van der Waals surface area contributed by atoms with E-state index in [1.165, 1.54) is 0 Å². The lowest BCUT2D eigenvalue weighted by Crippen LogP contribution is -2.05. The van der Waals surface area contributed by atoms with Crippen molar-refractivity contribution in [3.05, 3.63) is 41.2 Å². The molecule has 4 nitrogen and oxygen atoms in total. The van der Waals surface area contributed by atoms with Gasteiger partial charge in [-0.25, -0.2) is 0 Å². The summed E-state index contributed by atoms with van der Waals surface area (Å²) in [6, 6.07) is 5.42. The number of nitrogens with two attached hydrogens (primary N) is 1. The zero-order valence-electron chi connectivity index (χ0n) is 10.4. The lowest BCUT2D eigenvalue weighted by molar-refractivity contribution is 0.481. The number of aryl methyl sites for hydroxylation is 1. The molecule has 1 aromatic heterocycles. The molecule has 18 heavy (non-hydrogen) atoms. The minimum atomic E-state index is -0.0885. The average Bonchev–Trinajstić information content (AvgIpc) is 2.76. The Labute approximate surface area is 111 Å². The van der Waals surface area contributed by atoms with E-state index in [-0.39, 0.29) is 6.04 Å². The predicted octanol–water partition coefficient (Wildman–Crippen LogP) is 3.37. The zero-order valence-corrected chi connectivity index (χ0v) is 11.2. The molecular weight excluding hydrogens is 250 g/mol. The third-order valence-electron chi connectivity index (χ3n) is 2.63. The van der Waals surface area contributed by atoms with Crippen molar-refractivity contribution >= 4 is 11.6 Å². The van der Waals surface area contributed by atoms with E-state index in [0.717, 1.165) is 12.1 Å². The highest BCUT2D eigenvalue weighted by Crippen LogP contribution is 2.28. The summed E-state index contributed by atoms with van der Waals surface area (Å²) < 4.78 is 7.47. The van der Waals surface area contributed by atoms with E-state index in [0.29, 0.717) is 16.5 Å². The smallest absolute Gasteiger partial charge is 0.165 e. The molecule has 1 atom stereocenters. The Hall–Kier alpha value is -1.52. The molecule has 0 fully saturated rings. The van der Waals surface area contributed by atoms with Crippen molar-refractivity contribution in [3.63, 3.8) is 0 Å². The van der Waals surface area contributed by atoms with Crippen molar-refractivity contribution in [2.75, 3.05) is 0 Å². The lowest BCUT2D eigenvalue weighted by Gasteiger charge is -2.10. The summed E-state index contributed by atoms with van der Waals surface area (Å²) in [5, 5.41) is 4.75. The first-order valence-electron chi connectivity index (χ1n) is 5.85. The minimum absolute atomic E-state index is 0.0885. The standard InChI is InChI=1S/C13H16ClN3O/c1-3-17-8-11(7-16-17)18-10-4-5-12(9(2)15)13(14)6-10/h4-9H,3,15H2,1-2H3. The first kappa shape index (κ1) is 12.9. The number of hydrogen-bond acceptors (Lipinski definition) is 3. The van der Waals surface area contributed by atoms with Crippen molar-refractivity contribution in [3.8, 4) is 11.5 Å². The molecule has 1 aromatic carbocycles. The second-order valence-electron chi connectivity index (χ2n) is 4.11. The maximum Gasteiger partial charge on any atom is 0.165 e. The third kappa shape index (κ3) is 2.83. The van der Waals surface area contributed by atoms with Gasteiger partial charge >= 0.3 is 0 Å². The Morgan fingerprint density at radius 3 is 2.78 bits per heavy atom. The van der Waals surface area contributed by atoms with Crippen LogP contribution in [-0.4, -0.2) is 9.78 Å². The maximum absolute atomic E-state index is 6.14. The van der Waals surface area contributed by atoms with Gasteiger partial charge in [0.2, 0.25) is 0 Å². The number of benzene rings is 1. The van der Waals surface area contributed by atoms with Crippen molar-refractivity contribution in [1.82, 2.24) is 9.78 Å². The summed E-state index contributed by atoms with van der Waals surface area (Å²) in [5.74, 6) is 1.38. The molecule has 0 bridgehead atoms. The highest BCUT2D eigenvalue weighted by Gasteiger charge is 2.07. The van der Waals surface area contributed by atoms with Crippen LogP contribution < -0.4 is 10.5 Å². The van der Waals surface area contributed by atoms with Crippen LogP contribution in [0.1, 0.15) is 25.5 Å². The summed E-state index contributed by atoms with van der Waals surface area (Å²) in [6.07, 6.45) is 3.52. The highest BCUT2D eigenvalue weighted by atomic mass is 35.5. The maximum atomic E-state index is 6.14. The summed E-state index contributed by atoms with van der Waals surface area (Å²) in [5.41, 5.74) is 6.71. The van der Waals surface area contributed by atoms with Crippen LogP contribution in [0.4, 0.5) is 0 Å². The van der Waals surface area contributed by atoms with Gasteiger partial charge in [-0.15, -0.1) is 0 Å². The van der Waals surface area contributed by atoms with Gasteiger partial charge in [0.25, 0.3) is 0 Å². The van der Waals surface area contributed by atoms with Crippen LogP contribution in [0, 0.1) is 0 Å². The molecule has 0 saturated heterocycles. The summed E-state index contributed by atoms with van der Waals surface area (Å²) in [7, 11) is 0. The number of nitrogens with zero attached hydrogens (tertiary/aromatic N) is 2. The fourth-order valence-corrected chi connectivity index (χ4v) is 1.99. The van der Waals surface area contributed by atoms with Crippen LogP contribution >= 0.6 is 11.6 Å². The monoisotopic (exact) mass is 265 g/mol. The first-order chi connectivity index (χ1) is 8.60. The second-order valence-corrected chi connectivity index (χ2v) is 4.51. The molecule has 0 aliphatic heterocycles. The van der Waals surface area contributed by atoms with Crippen molar-refractivity contribution in [2.45, 2.75) is 26.4 Å². The molecule has 0 amide bonds. The summed E-state index contributed by atoms with van der Waals surface area (Å²) in [4.78, 5) is 0. The number of halogens is 1. The fourth-order valence-electron chi connectivity index (χ4n) is 1.65. The van der Waals surface area contributed by atoms with Gasteiger partial charge in [-0.1, -0.05) is 17.7 Å². The van der Waals surface area contributed by atoms with Gasteiger partial charge in [-0.3, -0.25) is 4.68 Å². The normalized spacial score (nSPS) is 12.4. The number of rotatable bonds is 4. The van der Waals surface area contributed by atoms with E-state index in [2.05, 4.69) is 5.10 Å². The van der Waals surface area contributed by atoms with Gasteiger partial charge in [0.15, 0.2) is 5.75 Å².